The van der Waals surface area contributed by atoms with Gasteiger partial charge in [-0.05, 0) is 37.5 Å². The maximum atomic E-state index is 6.33. The molecule has 1 aliphatic rings. The summed E-state index contributed by atoms with van der Waals surface area (Å²) in [4.78, 5) is 15.5. The minimum absolute atomic E-state index is 0.571. The third kappa shape index (κ3) is 3.17. The normalized spacial score (nSPS) is 14.7. The molecule has 0 bridgehead atoms. The first-order chi connectivity index (χ1) is 12.2. The monoisotopic (exact) mass is 356 g/mol. The fourth-order valence-electron chi connectivity index (χ4n) is 3.03. The lowest BCUT2D eigenvalue weighted by Gasteiger charge is -2.28. The highest BCUT2D eigenvalue weighted by atomic mass is 32.1. The van der Waals surface area contributed by atoms with E-state index in [2.05, 4.69) is 25.2 Å². The summed E-state index contributed by atoms with van der Waals surface area (Å²) >= 11 is 1.54. The van der Waals surface area contributed by atoms with Crippen LogP contribution in [0.15, 0.2) is 24.5 Å². The summed E-state index contributed by atoms with van der Waals surface area (Å²) in [6, 6.07) is 5.82. The Bertz CT molecular complexity index is 890. The Labute approximate surface area is 149 Å². The Balaban J connectivity index is 1.62. The summed E-state index contributed by atoms with van der Waals surface area (Å²) in [5.41, 5.74) is 7.81. The molecule has 3 heterocycles. The third-order valence-electron chi connectivity index (χ3n) is 4.34. The zero-order chi connectivity index (χ0) is 17.2. The fourth-order valence-corrected chi connectivity index (χ4v) is 3.92. The van der Waals surface area contributed by atoms with Crippen LogP contribution in [0.3, 0.4) is 0 Å². The molecule has 2 aromatic heterocycles. The lowest BCUT2D eigenvalue weighted by atomic mass is 10.1. The van der Waals surface area contributed by atoms with Crippen LogP contribution in [-0.4, -0.2) is 35.2 Å². The summed E-state index contributed by atoms with van der Waals surface area (Å²) in [5, 5.41) is 3.99. The van der Waals surface area contributed by atoms with Gasteiger partial charge in [0.25, 0.3) is 0 Å². The summed E-state index contributed by atoms with van der Waals surface area (Å²) in [6.45, 7) is 1.98. The van der Waals surface area contributed by atoms with Crippen LogP contribution in [0.5, 0.6) is 5.75 Å². The maximum Gasteiger partial charge on any atom is 0.189 e. The Morgan fingerprint density at radius 2 is 2.04 bits per heavy atom. The Morgan fingerprint density at radius 3 is 2.84 bits per heavy atom. The van der Waals surface area contributed by atoms with Crippen LogP contribution in [-0.2, 0) is 0 Å². The molecule has 0 radical (unpaired) electrons. The number of piperidine rings is 1. The van der Waals surface area contributed by atoms with Gasteiger partial charge >= 0.3 is 0 Å². The van der Waals surface area contributed by atoms with Crippen LogP contribution in [0.2, 0.25) is 0 Å². The van der Waals surface area contributed by atoms with E-state index >= 15 is 0 Å². The van der Waals surface area contributed by atoms with Gasteiger partial charge in [-0.25, -0.2) is 15.0 Å². The van der Waals surface area contributed by atoms with Gasteiger partial charge in [0.15, 0.2) is 16.8 Å². The van der Waals surface area contributed by atoms with Gasteiger partial charge in [0.2, 0.25) is 0 Å². The van der Waals surface area contributed by atoms with Gasteiger partial charge in [-0.2, -0.15) is 0 Å². The highest BCUT2D eigenvalue weighted by molar-refractivity contribution is 7.22. The van der Waals surface area contributed by atoms with Crippen LogP contribution in [0, 0.1) is 0 Å². The van der Waals surface area contributed by atoms with E-state index in [9.17, 15) is 0 Å². The van der Waals surface area contributed by atoms with E-state index < -0.39 is 0 Å². The highest BCUT2D eigenvalue weighted by Gasteiger charge is 2.18. The fraction of sp³-hybridized carbons (Fsp3) is 0.353. The van der Waals surface area contributed by atoms with Crippen molar-refractivity contribution in [2.45, 2.75) is 19.3 Å². The number of nitrogens with zero attached hydrogens (tertiary/aromatic N) is 4. The standard InChI is InChI=1S/C17H20N6OS/c1-24-11-5-6-12-13(9-11)25-17(21-12)22-15-14(18)16(20-10-19-15)23-7-3-2-4-8-23/h5-6,9-10H,2-4,7-8,18H2,1H3,(H,19,20,21,22). The van der Waals surface area contributed by atoms with Crippen molar-refractivity contribution < 1.29 is 4.74 Å². The number of methoxy groups -OCH3 is 1. The number of ether oxygens (including phenoxy) is 1. The number of thiazole rings is 1. The first-order valence-corrected chi connectivity index (χ1v) is 9.13. The molecule has 1 fully saturated rings. The molecule has 1 aromatic carbocycles. The number of anilines is 4. The van der Waals surface area contributed by atoms with Gasteiger partial charge in [0.05, 0.1) is 17.3 Å². The van der Waals surface area contributed by atoms with E-state index in [1.54, 1.807) is 24.8 Å². The number of nitrogen functional groups attached to an aromatic ring is 1. The van der Waals surface area contributed by atoms with E-state index in [0.29, 0.717) is 11.5 Å². The molecular weight excluding hydrogens is 336 g/mol. The average molecular weight is 356 g/mol. The summed E-state index contributed by atoms with van der Waals surface area (Å²) in [7, 11) is 1.66. The summed E-state index contributed by atoms with van der Waals surface area (Å²) < 4.78 is 6.31. The first-order valence-electron chi connectivity index (χ1n) is 8.31. The molecule has 3 aromatic rings. The molecule has 0 aliphatic carbocycles. The molecule has 130 valence electrons. The maximum absolute atomic E-state index is 6.33. The molecule has 0 amide bonds. The Morgan fingerprint density at radius 1 is 1.20 bits per heavy atom. The predicted molar refractivity (Wildman–Crippen MR) is 102 cm³/mol. The molecule has 7 nitrogen and oxygen atoms in total. The van der Waals surface area contributed by atoms with E-state index in [-0.39, 0.29) is 0 Å². The zero-order valence-electron chi connectivity index (χ0n) is 14.0. The van der Waals surface area contributed by atoms with Crippen molar-refractivity contribution in [3.05, 3.63) is 24.5 Å². The molecule has 4 rings (SSSR count). The minimum atomic E-state index is 0.571. The first kappa shape index (κ1) is 15.9. The van der Waals surface area contributed by atoms with Crippen LogP contribution in [0.1, 0.15) is 19.3 Å². The molecule has 8 heteroatoms. The number of rotatable bonds is 4. The number of nitrogens with two attached hydrogens (primary N) is 1. The van der Waals surface area contributed by atoms with Crippen molar-refractivity contribution in [3.63, 3.8) is 0 Å². The molecule has 0 atom stereocenters. The second-order valence-electron chi connectivity index (χ2n) is 5.98. The smallest absolute Gasteiger partial charge is 0.189 e. The lowest BCUT2D eigenvalue weighted by Crippen LogP contribution is -2.31. The van der Waals surface area contributed by atoms with Crippen LogP contribution >= 0.6 is 11.3 Å². The highest BCUT2D eigenvalue weighted by Crippen LogP contribution is 2.34. The van der Waals surface area contributed by atoms with Crippen molar-refractivity contribution >= 4 is 44.0 Å². The quantitative estimate of drug-likeness (QED) is 0.740. The van der Waals surface area contributed by atoms with Gasteiger partial charge < -0.3 is 20.7 Å². The second-order valence-corrected chi connectivity index (χ2v) is 7.02. The molecular formula is C17H20N6OS. The molecule has 1 aliphatic heterocycles. The van der Waals surface area contributed by atoms with Crippen molar-refractivity contribution in [1.82, 2.24) is 15.0 Å². The number of hydrogen-bond acceptors (Lipinski definition) is 8. The lowest BCUT2D eigenvalue weighted by molar-refractivity contribution is 0.415. The van der Waals surface area contributed by atoms with Crippen molar-refractivity contribution in [3.8, 4) is 5.75 Å². The van der Waals surface area contributed by atoms with Crippen molar-refractivity contribution in [2.24, 2.45) is 0 Å². The van der Waals surface area contributed by atoms with Crippen molar-refractivity contribution in [2.75, 3.05) is 36.1 Å². The van der Waals surface area contributed by atoms with E-state index in [0.717, 1.165) is 40.0 Å². The van der Waals surface area contributed by atoms with Gasteiger partial charge in [-0.3, -0.25) is 0 Å². The van der Waals surface area contributed by atoms with Crippen LogP contribution < -0.4 is 20.7 Å². The van der Waals surface area contributed by atoms with Gasteiger partial charge in [0, 0.05) is 13.1 Å². The third-order valence-corrected chi connectivity index (χ3v) is 5.27. The molecule has 3 N–H and O–H groups in total. The number of fused-ring (bicyclic) bond motifs is 1. The molecule has 0 saturated carbocycles. The van der Waals surface area contributed by atoms with Crippen molar-refractivity contribution in [1.29, 1.82) is 0 Å². The number of aromatic nitrogens is 3. The summed E-state index contributed by atoms with van der Waals surface area (Å²) in [6.07, 6.45) is 5.17. The summed E-state index contributed by atoms with van der Waals surface area (Å²) in [5.74, 6) is 2.22. The van der Waals surface area contributed by atoms with Gasteiger partial charge in [-0.1, -0.05) is 11.3 Å². The number of nitrogens with one attached hydrogen (secondary N) is 1. The Hall–Kier alpha value is -2.61. The zero-order valence-corrected chi connectivity index (χ0v) is 14.8. The topological polar surface area (TPSA) is 89.2 Å². The van der Waals surface area contributed by atoms with E-state index in [4.69, 9.17) is 10.5 Å². The number of benzene rings is 1. The van der Waals surface area contributed by atoms with E-state index in [1.807, 2.05) is 18.2 Å². The van der Waals surface area contributed by atoms with E-state index in [1.165, 1.54) is 19.3 Å². The number of hydrogen-bond donors (Lipinski definition) is 2. The van der Waals surface area contributed by atoms with Gasteiger partial charge in [0.1, 0.15) is 17.8 Å². The Kier molecular flexibility index (Phi) is 4.27. The molecule has 25 heavy (non-hydrogen) atoms. The van der Waals surface area contributed by atoms with Crippen LogP contribution in [0.25, 0.3) is 10.2 Å². The predicted octanol–water partition coefficient (Wildman–Crippen LogP) is 3.41. The van der Waals surface area contributed by atoms with Crippen LogP contribution in [0.4, 0.5) is 22.5 Å². The molecule has 1 saturated heterocycles. The second kappa shape index (κ2) is 6.72. The SMILES string of the molecule is COc1ccc2nc(Nc3ncnc(N4CCCCC4)c3N)sc2c1. The largest absolute Gasteiger partial charge is 0.497 e. The minimum Gasteiger partial charge on any atom is -0.497 e. The average Bonchev–Trinajstić information content (AvgIpc) is 3.05. The molecule has 0 unspecified atom stereocenters. The molecule has 0 spiro atoms. The van der Waals surface area contributed by atoms with Gasteiger partial charge in [-0.15, -0.1) is 0 Å².